The van der Waals surface area contributed by atoms with Gasteiger partial charge in [-0.2, -0.15) is 0 Å². The van der Waals surface area contributed by atoms with Crippen LogP contribution < -0.4 is 10.6 Å². The summed E-state index contributed by atoms with van der Waals surface area (Å²) in [6, 6.07) is 5.12. The lowest BCUT2D eigenvalue weighted by Gasteiger charge is -2.39. The van der Waals surface area contributed by atoms with Gasteiger partial charge in [0.1, 0.15) is 5.82 Å². The van der Waals surface area contributed by atoms with E-state index in [4.69, 9.17) is 0 Å². The predicted molar refractivity (Wildman–Crippen MR) is 78.3 cm³/mol. The number of hydrogen-bond donors (Lipinski definition) is 2. The Hall–Kier alpha value is -1.42. The zero-order valence-electron chi connectivity index (χ0n) is 12.4. The summed E-state index contributed by atoms with van der Waals surface area (Å²) >= 11 is 0. The zero-order chi connectivity index (χ0) is 14.8. The van der Waals surface area contributed by atoms with Gasteiger partial charge < -0.3 is 10.6 Å². The second-order valence-corrected chi connectivity index (χ2v) is 6.25. The fraction of sp³-hybridized carbons (Fsp3) is 0.562. The van der Waals surface area contributed by atoms with Gasteiger partial charge in [0.25, 0.3) is 5.91 Å². The number of rotatable bonds is 3. The molecule has 0 saturated carbocycles. The minimum Gasteiger partial charge on any atom is -0.350 e. The van der Waals surface area contributed by atoms with Crippen LogP contribution in [0.4, 0.5) is 4.39 Å². The maximum atomic E-state index is 13.9. The number of amides is 1. The van der Waals surface area contributed by atoms with Gasteiger partial charge in [0, 0.05) is 12.6 Å². The maximum absolute atomic E-state index is 13.9. The highest BCUT2D eigenvalue weighted by atomic mass is 19.1. The summed E-state index contributed by atoms with van der Waals surface area (Å²) in [6.07, 6.45) is 2.29. The van der Waals surface area contributed by atoms with Crippen molar-refractivity contribution in [2.45, 2.75) is 39.7 Å². The number of halogens is 1. The monoisotopic (exact) mass is 278 g/mol. The summed E-state index contributed by atoms with van der Waals surface area (Å²) in [4.78, 5) is 12.1. The second kappa shape index (κ2) is 5.92. The summed E-state index contributed by atoms with van der Waals surface area (Å²) < 4.78 is 13.9. The number of benzene rings is 1. The van der Waals surface area contributed by atoms with Gasteiger partial charge in [-0.05, 0) is 43.4 Å². The van der Waals surface area contributed by atoms with E-state index >= 15 is 0 Å². The molecule has 20 heavy (non-hydrogen) atoms. The molecule has 1 aromatic rings. The topological polar surface area (TPSA) is 41.1 Å². The van der Waals surface area contributed by atoms with Gasteiger partial charge >= 0.3 is 0 Å². The number of hydrogen-bond acceptors (Lipinski definition) is 2. The van der Waals surface area contributed by atoms with Crippen LogP contribution in [-0.4, -0.2) is 25.0 Å². The van der Waals surface area contributed by atoms with Crippen LogP contribution >= 0.6 is 0 Å². The quantitative estimate of drug-likeness (QED) is 0.892. The van der Waals surface area contributed by atoms with Crippen LogP contribution in [0.3, 0.4) is 0 Å². The molecule has 110 valence electrons. The predicted octanol–water partition coefficient (Wildman–Crippen LogP) is 2.64. The van der Waals surface area contributed by atoms with E-state index in [1.165, 1.54) is 6.07 Å². The fourth-order valence-electron chi connectivity index (χ4n) is 2.73. The van der Waals surface area contributed by atoms with E-state index in [1.54, 1.807) is 19.1 Å². The molecule has 1 aromatic carbocycles. The Morgan fingerprint density at radius 1 is 1.50 bits per heavy atom. The normalized spacial score (nSPS) is 21.5. The molecular formula is C16H23FN2O. The smallest absolute Gasteiger partial charge is 0.254 e. The van der Waals surface area contributed by atoms with Gasteiger partial charge in [-0.3, -0.25) is 4.79 Å². The van der Waals surface area contributed by atoms with Crippen LogP contribution in [0.15, 0.2) is 18.2 Å². The Kier molecular flexibility index (Phi) is 4.43. The highest BCUT2D eigenvalue weighted by Gasteiger charge is 2.32. The summed E-state index contributed by atoms with van der Waals surface area (Å²) in [5, 5.41) is 6.28. The van der Waals surface area contributed by atoms with Crippen LogP contribution in [-0.2, 0) is 0 Å². The van der Waals surface area contributed by atoms with Crippen molar-refractivity contribution in [3.8, 4) is 0 Å². The van der Waals surface area contributed by atoms with Crippen molar-refractivity contribution in [3.63, 3.8) is 0 Å². The van der Waals surface area contributed by atoms with Crippen molar-refractivity contribution in [1.29, 1.82) is 0 Å². The summed E-state index contributed by atoms with van der Waals surface area (Å²) in [7, 11) is 0. The molecule has 1 aliphatic rings. The molecule has 1 atom stereocenters. The van der Waals surface area contributed by atoms with Crippen LogP contribution in [0.5, 0.6) is 0 Å². The molecule has 2 N–H and O–H groups in total. The van der Waals surface area contributed by atoms with Crippen LogP contribution in [0.1, 0.15) is 42.6 Å². The molecule has 1 heterocycles. The highest BCUT2D eigenvalue weighted by molar-refractivity contribution is 5.94. The first-order chi connectivity index (χ1) is 9.42. The number of carbonyl (C=O) groups is 1. The fourth-order valence-corrected chi connectivity index (χ4v) is 2.73. The van der Waals surface area contributed by atoms with Crippen molar-refractivity contribution in [2.75, 3.05) is 13.1 Å². The Morgan fingerprint density at radius 3 is 2.95 bits per heavy atom. The summed E-state index contributed by atoms with van der Waals surface area (Å²) in [5.74, 6) is -0.768. The number of nitrogens with one attached hydrogen (secondary N) is 2. The van der Waals surface area contributed by atoms with Crippen molar-refractivity contribution in [2.24, 2.45) is 5.41 Å². The minimum absolute atomic E-state index is 0.124. The van der Waals surface area contributed by atoms with Gasteiger partial charge in [-0.1, -0.05) is 26.0 Å². The van der Waals surface area contributed by atoms with E-state index in [9.17, 15) is 9.18 Å². The van der Waals surface area contributed by atoms with Crippen molar-refractivity contribution in [1.82, 2.24) is 10.6 Å². The Morgan fingerprint density at radius 2 is 2.25 bits per heavy atom. The molecule has 1 saturated heterocycles. The Balaban J connectivity index is 2.00. The molecule has 1 unspecified atom stereocenters. The van der Waals surface area contributed by atoms with Crippen molar-refractivity contribution in [3.05, 3.63) is 35.1 Å². The van der Waals surface area contributed by atoms with E-state index in [0.29, 0.717) is 12.1 Å². The summed E-state index contributed by atoms with van der Waals surface area (Å²) in [5.41, 5.74) is 0.767. The molecule has 1 fully saturated rings. The van der Waals surface area contributed by atoms with Crippen molar-refractivity contribution >= 4 is 5.91 Å². The Labute approximate surface area is 120 Å². The van der Waals surface area contributed by atoms with E-state index in [2.05, 4.69) is 24.5 Å². The molecule has 0 bridgehead atoms. The lowest BCUT2D eigenvalue weighted by Crippen LogP contribution is -2.52. The van der Waals surface area contributed by atoms with Crippen molar-refractivity contribution < 1.29 is 9.18 Å². The van der Waals surface area contributed by atoms with Gasteiger partial charge in [-0.25, -0.2) is 4.39 Å². The number of aryl methyl sites for hydroxylation is 1. The van der Waals surface area contributed by atoms with E-state index < -0.39 is 5.82 Å². The van der Waals surface area contributed by atoms with Crippen LogP contribution in [0, 0.1) is 18.2 Å². The zero-order valence-corrected chi connectivity index (χ0v) is 12.4. The standard InChI is InChI=1S/C16H23FN2O/c1-11-6-4-7-12(14(11)17)15(20)19-10-13-16(2,3)8-5-9-18-13/h4,6-7,13,18H,5,8-10H2,1-3H3,(H,19,20). The molecule has 0 spiro atoms. The second-order valence-electron chi connectivity index (χ2n) is 6.25. The number of carbonyl (C=O) groups excluding carboxylic acids is 1. The summed E-state index contributed by atoms with van der Waals surface area (Å²) in [6.45, 7) is 7.56. The molecule has 4 heteroatoms. The lowest BCUT2D eigenvalue weighted by atomic mass is 9.77. The highest BCUT2D eigenvalue weighted by Crippen LogP contribution is 2.29. The van der Waals surface area contributed by atoms with Crippen LogP contribution in [0.2, 0.25) is 0 Å². The minimum atomic E-state index is -0.430. The lowest BCUT2D eigenvalue weighted by molar-refractivity contribution is 0.0924. The first-order valence-corrected chi connectivity index (χ1v) is 7.18. The van der Waals surface area contributed by atoms with Gasteiger partial charge in [0.05, 0.1) is 5.56 Å². The first kappa shape index (κ1) is 15.0. The third kappa shape index (κ3) is 3.18. The van der Waals surface area contributed by atoms with Crippen LogP contribution in [0.25, 0.3) is 0 Å². The molecular weight excluding hydrogens is 255 g/mol. The molecule has 0 radical (unpaired) electrons. The third-order valence-corrected chi connectivity index (χ3v) is 4.24. The van der Waals surface area contributed by atoms with Gasteiger partial charge in [0.15, 0.2) is 0 Å². The van der Waals surface area contributed by atoms with Gasteiger partial charge in [0.2, 0.25) is 0 Å². The molecule has 0 aliphatic carbocycles. The van der Waals surface area contributed by atoms with E-state index in [0.717, 1.165) is 19.4 Å². The van der Waals surface area contributed by atoms with E-state index in [1.807, 2.05) is 0 Å². The van der Waals surface area contributed by atoms with Gasteiger partial charge in [-0.15, -0.1) is 0 Å². The average Bonchev–Trinajstić information content (AvgIpc) is 2.40. The molecule has 1 amide bonds. The molecule has 0 aromatic heterocycles. The first-order valence-electron chi connectivity index (χ1n) is 7.18. The average molecular weight is 278 g/mol. The number of piperidine rings is 1. The molecule has 1 aliphatic heterocycles. The SMILES string of the molecule is Cc1cccc(C(=O)NCC2NCCCC2(C)C)c1F. The van der Waals surface area contributed by atoms with E-state index in [-0.39, 0.29) is 22.9 Å². The third-order valence-electron chi connectivity index (χ3n) is 4.24. The molecule has 2 rings (SSSR count). The maximum Gasteiger partial charge on any atom is 0.254 e. The molecule has 3 nitrogen and oxygen atoms in total. The largest absolute Gasteiger partial charge is 0.350 e. The Bertz CT molecular complexity index is 499.